The lowest BCUT2D eigenvalue weighted by Crippen LogP contribution is -2.36. The fourth-order valence-electron chi connectivity index (χ4n) is 1.67. The molecule has 0 bridgehead atoms. The van der Waals surface area contributed by atoms with Gasteiger partial charge >= 0.3 is 0 Å². The van der Waals surface area contributed by atoms with E-state index in [9.17, 15) is 14.9 Å². The van der Waals surface area contributed by atoms with Crippen LogP contribution in [0.15, 0.2) is 22.7 Å². The molecule has 0 spiro atoms. The summed E-state index contributed by atoms with van der Waals surface area (Å²) in [6, 6.07) is 4.19. The summed E-state index contributed by atoms with van der Waals surface area (Å²) in [5.41, 5.74) is -0.0799. The fraction of sp³-hybridized carbons (Fsp3) is 0.500. The van der Waals surface area contributed by atoms with Gasteiger partial charge in [-0.1, -0.05) is 19.8 Å². The van der Waals surface area contributed by atoms with Crippen LogP contribution in [0.25, 0.3) is 0 Å². The zero-order valence-corrected chi connectivity index (χ0v) is 13.7. The molecule has 1 aromatic rings. The van der Waals surface area contributed by atoms with Gasteiger partial charge in [-0.05, 0) is 35.3 Å². The highest BCUT2D eigenvalue weighted by Crippen LogP contribution is 2.30. The number of rotatable bonds is 8. The Hall–Kier alpha value is -1.63. The highest BCUT2D eigenvalue weighted by molar-refractivity contribution is 9.10. The van der Waals surface area contributed by atoms with Crippen LogP contribution in [0.5, 0.6) is 5.75 Å². The van der Waals surface area contributed by atoms with E-state index in [0.717, 1.165) is 19.3 Å². The van der Waals surface area contributed by atoms with Crippen molar-refractivity contribution >= 4 is 27.5 Å². The summed E-state index contributed by atoms with van der Waals surface area (Å²) in [7, 11) is 0. The van der Waals surface area contributed by atoms with Gasteiger partial charge in [0.1, 0.15) is 5.75 Å². The standard InChI is InChI=1S/C14H19BrN2O4/c1-3-4-5-8-16-14(18)10(2)21-13-9-11(17(19)20)6-7-12(13)15/h6-7,9-10H,3-5,8H2,1-2H3,(H,16,18). The van der Waals surface area contributed by atoms with Crippen molar-refractivity contribution < 1.29 is 14.5 Å². The molecule has 1 unspecified atom stereocenters. The summed E-state index contributed by atoms with van der Waals surface area (Å²) in [5, 5.41) is 13.5. The molecule has 7 heteroatoms. The van der Waals surface area contributed by atoms with Crippen molar-refractivity contribution in [2.24, 2.45) is 0 Å². The lowest BCUT2D eigenvalue weighted by atomic mass is 10.2. The second-order valence-corrected chi connectivity index (χ2v) is 5.48. The van der Waals surface area contributed by atoms with Gasteiger partial charge in [-0.2, -0.15) is 0 Å². The molecule has 0 aromatic heterocycles. The molecule has 0 fully saturated rings. The van der Waals surface area contributed by atoms with E-state index in [1.165, 1.54) is 18.2 Å². The predicted octanol–water partition coefficient (Wildman–Crippen LogP) is 3.43. The Morgan fingerprint density at radius 3 is 2.81 bits per heavy atom. The minimum absolute atomic E-state index is 0.0799. The number of carbonyl (C=O) groups is 1. The molecule has 1 rings (SSSR count). The number of halogens is 1. The van der Waals surface area contributed by atoms with Crippen LogP contribution in [0, 0.1) is 10.1 Å². The van der Waals surface area contributed by atoms with Gasteiger partial charge in [-0.15, -0.1) is 0 Å². The number of hydrogen-bond acceptors (Lipinski definition) is 4. The van der Waals surface area contributed by atoms with Crippen molar-refractivity contribution in [2.75, 3.05) is 6.54 Å². The average molecular weight is 359 g/mol. The van der Waals surface area contributed by atoms with Gasteiger partial charge in [0.05, 0.1) is 15.5 Å². The SMILES string of the molecule is CCCCCNC(=O)C(C)Oc1cc([N+](=O)[O-])ccc1Br. The number of nitrogens with zero attached hydrogens (tertiary/aromatic N) is 1. The van der Waals surface area contributed by atoms with Crippen LogP contribution >= 0.6 is 15.9 Å². The molecule has 0 saturated carbocycles. The lowest BCUT2D eigenvalue weighted by Gasteiger charge is -2.15. The van der Waals surface area contributed by atoms with E-state index < -0.39 is 11.0 Å². The Kier molecular flexibility index (Phi) is 7.14. The number of ether oxygens (including phenoxy) is 1. The first kappa shape index (κ1) is 17.4. The molecule has 0 aliphatic carbocycles. The second kappa shape index (κ2) is 8.61. The summed E-state index contributed by atoms with van der Waals surface area (Å²) < 4.78 is 6.06. The molecule has 21 heavy (non-hydrogen) atoms. The topological polar surface area (TPSA) is 81.5 Å². The van der Waals surface area contributed by atoms with Crippen LogP contribution in [-0.4, -0.2) is 23.5 Å². The van der Waals surface area contributed by atoms with Crippen molar-refractivity contribution in [3.05, 3.63) is 32.8 Å². The number of nitrogens with one attached hydrogen (secondary N) is 1. The first-order valence-electron chi connectivity index (χ1n) is 6.84. The number of nitro groups is 1. The van der Waals surface area contributed by atoms with E-state index in [-0.39, 0.29) is 17.3 Å². The number of amides is 1. The molecule has 1 N–H and O–H groups in total. The van der Waals surface area contributed by atoms with Crippen LogP contribution in [0.1, 0.15) is 33.1 Å². The third kappa shape index (κ3) is 5.71. The highest BCUT2D eigenvalue weighted by atomic mass is 79.9. The molecular formula is C14H19BrN2O4. The first-order chi connectivity index (χ1) is 9.95. The molecule has 0 radical (unpaired) electrons. The zero-order chi connectivity index (χ0) is 15.8. The van der Waals surface area contributed by atoms with Crippen LogP contribution in [-0.2, 0) is 4.79 Å². The Morgan fingerprint density at radius 1 is 1.48 bits per heavy atom. The Bertz CT molecular complexity index is 508. The van der Waals surface area contributed by atoms with E-state index in [1.807, 2.05) is 0 Å². The number of hydrogen-bond donors (Lipinski definition) is 1. The molecule has 0 saturated heterocycles. The van der Waals surface area contributed by atoms with E-state index in [1.54, 1.807) is 6.92 Å². The van der Waals surface area contributed by atoms with Crippen molar-refractivity contribution in [3.8, 4) is 5.75 Å². The smallest absolute Gasteiger partial charge is 0.273 e. The molecule has 6 nitrogen and oxygen atoms in total. The van der Waals surface area contributed by atoms with Gasteiger partial charge in [0.2, 0.25) is 0 Å². The maximum Gasteiger partial charge on any atom is 0.273 e. The summed E-state index contributed by atoms with van der Waals surface area (Å²) >= 11 is 3.25. The molecule has 1 amide bonds. The van der Waals surface area contributed by atoms with Gasteiger partial charge in [-0.25, -0.2) is 0 Å². The number of carbonyl (C=O) groups excluding carboxylic acids is 1. The molecule has 0 aliphatic rings. The Labute approximate surface area is 132 Å². The molecule has 0 heterocycles. The number of nitro benzene ring substituents is 1. The molecular weight excluding hydrogens is 340 g/mol. The van der Waals surface area contributed by atoms with Crippen LogP contribution in [0.2, 0.25) is 0 Å². The van der Waals surface area contributed by atoms with Gasteiger partial charge in [0.15, 0.2) is 6.10 Å². The van der Waals surface area contributed by atoms with Gasteiger partial charge in [0.25, 0.3) is 11.6 Å². The fourth-order valence-corrected chi connectivity index (χ4v) is 2.01. The van der Waals surface area contributed by atoms with Crippen molar-refractivity contribution in [3.63, 3.8) is 0 Å². The number of benzene rings is 1. The minimum Gasteiger partial charge on any atom is -0.479 e. The predicted molar refractivity (Wildman–Crippen MR) is 83.4 cm³/mol. The third-order valence-electron chi connectivity index (χ3n) is 2.88. The maximum atomic E-state index is 11.9. The summed E-state index contributed by atoms with van der Waals surface area (Å²) in [4.78, 5) is 22.1. The molecule has 116 valence electrons. The molecule has 1 atom stereocenters. The molecule has 0 aliphatic heterocycles. The average Bonchev–Trinajstić information content (AvgIpc) is 2.45. The maximum absolute atomic E-state index is 11.9. The van der Waals surface area contributed by atoms with Gasteiger partial charge in [0, 0.05) is 12.6 Å². The van der Waals surface area contributed by atoms with Crippen molar-refractivity contribution in [1.82, 2.24) is 5.32 Å². The van der Waals surface area contributed by atoms with Crippen molar-refractivity contribution in [1.29, 1.82) is 0 Å². The van der Waals surface area contributed by atoms with Crippen LogP contribution in [0.4, 0.5) is 5.69 Å². The molecule has 1 aromatic carbocycles. The first-order valence-corrected chi connectivity index (χ1v) is 7.63. The lowest BCUT2D eigenvalue weighted by molar-refractivity contribution is -0.385. The third-order valence-corrected chi connectivity index (χ3v) is 3.53. The minimum atomic E-state index is -0.718. The summed E-state index contributed by atoms with van der Waals surface area (Å²) in [5.74, 6) is 0.0462. The summed E-state index contributed by atoms with van der Waals surface area (Å²) in [6.07, 6.45) is 2.36. The number of unbranched alkanes of at least 4 members (excludes halogenated alkanes) is 2. The highest BCUT2D eigenvalue weighted by Gasteiger charge is 2.17. The second-order valence-electron chi connectivity index (χ2n) is 4.63. The summed E-state index contributed by atoms with van der Waals surface area (Å²) in [6.45, 7) is 4.31. The Balaban J connectivity index is 2.61. The zero-order valence-electron chi connectivity index (χ0n) is 12.1. The monoisotopic (exact) mass is 358 g/mol. The van der Waals surface area contributed by atoms with Crippen LogP contribution < -0.4 is 10.1 Å². The van der Waals surface area contributed by atoms with Gasteiger partial charge in [-0.3, -0.25) is 14.9 Å². The quantitative estimate of drug-likeness (QED) is 0.438. The van der Waals surface area contributed by atoms with E-state index in [0.29, 0.717) is 11.0 Å². The largest absolute Gasteiger partial charge is 0.479 e. The van der Waals surface area contributed by atoms with Gasteiger partial charge < -0.3 is 10.1 Å². The van der Waals surface area contributed by atoms with Crippen LogP contribution in [0.3, 0.4) is 0 Å². The van der Waals surface area contributed by atoms with E-state index >= 15 is 0 Å². The number of non-ortho nitro benzene ring substituents is 1. The van der Waals surface area contributed by atoms with E-state index in [4.69, 9.17) is 4.74 Å². The van der Waals surface area contributed by atoms with E-state index in [2.05, 4.69) is 28.2 Å². The Morgan fingerprint density at radius 2 is 2.19 bits per heavy atom. The van der Waals surface area contributed by atoms with Crippen molar-refractivity contribution in [2.45, 2.75) is 39.2 Å². The normalized spacial score (nSPS) is 11.8.